The molecule has 2 amide bonds. The Bertz CT molecular complexity index is 867. The van der Waals surface area contributed by atoms with Crippen LogP contribution in [0.25, 0.3) is 0 Å². The summed E-state index contributed by atoms with van der Waals surface area (Å²) < 4.78 is 31.2. The van der Waals surface area contributed by atoms with Crippen LogP contribution >= 0.6 is 0 Å². The minimum absolute atomic E-state index is 0.0707. The van der Waals surface area contributed by atoms with Crippen LogP contribution in [-0.4, -0.2) is 45.9 Å². The molecule has 2 N–H and O–H groups in total. The van der Waals surface area contributed by atoms with Gasteiger partial charge in [-0.1, -0.05) is 6.07 Å². The van der Waals surface area contributed by atoms with Gasteiger partial charge in [-0.3, -0.25) is 14.6 Å². The minimum atomic E-state index is -3.85. The van der Waals surface area contributed by atoms with E-state index < -0.39 is 26.9 Å². The van der Waals surface area contributed by atoms with Gasteiger partial charge >= 0.3 is 11.8 Å². The maximum Gasteiger partial charge on any atom is 0.309 e. The van der Waals surface area contributed by atoms with Gasteiger partial charge in [-0.2, -0.15) is 0 Å². The molecule has 2 aromatic rings. The molecule has 0 saturated carbocycles. The van der Waals surface area contributed by atoms with Gasteiger partial charge in [0, 0.05) is 26.0 Å². The Labute approximate surface area is 151 Å². The fraction of sp³-hybridized carbons (Fsp3) is 0.235. The third-order valence-electron chi connectivity index (χ3n) is 3.70. The van der Waals surface area contributed by atoms with E-state index in [0.717, 1.165) is 0 Å². The highest BCUT2D eigenvalue weighted by molar-refractivity contribution is 7.91. The number of amides is 2. The molecule has 0 bridgehead atoms. The molecule has 0 aliphatic carbocycles. The third kappa shape index (κ3) is 4.37. The molecule has 8 nitrogen and oxygen atoms in total. The smallest absolute Gasteiger partial charge is 0.309 e. The van der Waals surface area contributed by atoms with Crippen LogP contribution in [0.2, 0.25) is 0 Å². The Kier molecular flexibility index (Phi) is 6.29. The van der Waals surface area contributed by atoms with Crippen molar-refractivity contribution in [3.63, 3.8) is 0 Å². The molecule has 1 aromatic carbocycles. The van der Waals surface area contributed by atoms with Gasteiger partial charge in [-0.25, -0.2) is 8.42 Å². The van der Waals surface area contributed by atoms with Crippen molar-refractivity contribution in [2.45, 2.75) is 10.1 Å². The summed E-state index contributed by atoms with van der Waals surface area (Å²) in [6.45, 7) is -0.272. The van der Waals surface area contributed by atoms with Crippen molar-refractivity contribution in [1.82, 2.24) is 15.6 Å². The average molecular weight is 377 g/mol. The second-order valence-electron chi connectivity index (χ2n) is 5.28. The number of likely N-dealkylation sites (N-methyl/N-ethyl adjacent to an activating group) is 1. The number of sulfone groups is 1. The molecule has 9 heteroatoms. The van der Waals surface area contributed by atoms with Crippen LogP contribution in [0, 0.1) is 0 Å². The van der Waals surface area contributed by atoms with E-state index in [-0.39, 0.29) is 11.4 Å². The van der Waals surface area contributed by atoms with Gasteiger partial charge in [0.2, 0.25) is 0 Å². The van der Waals surface area contributed by atoms with Gasteiger partial charge in [0.1, 0.15) is 11.0 Å². The highest BCUT2D eigenvalue weighted by Crippen LogP contribution is 2.29. The number of nitrogens with zero attached hydrogens (tertiary/aromatic N) is 1. The summed E-state index contributed by atoms with van der Waals surface area (Å²) in [6.07, 6.45) is 2.93. The predicted octanol–water partition coefficient (Wildman–Crippen LogP) is 0.467. The number of pyridine rings is 1. The normalized spacial score (nSPS) is 12.1. The third-order valence-corrected chi connectivity index (χ3v) is 5.82. The van der Waals surface area contributed by atoms with Gasteiger partial charge in [0.05, 0.1) is 12.0 Å². The lowest BCUT2D eigenvalue weighted by Gasteiger charge is -2.18. The van der Waals surface area contributed by atoms with Crippen LogP contribution in [0.3, 0.4) is 0 Å². The average Bonchev–Trinajstić information content (AvgIpc) is 2.68. The van der Waals surface area contributed by atoms with E-state index in [9.17, 15) is 18.0 Å². The number of hydrogen-bond donors (Lipinski definition) is 2. The fourth-order valence-corrected chi connectivity index (χ4v) is 3.93. The molecule has 1 atom stereocenters. The number of nitrogens with one attached hydrogen (secondary N) is 2. The molecule has 0 spiro atoms. The van der Waals surface area contributed by atoms with Crippen molar-refractivity contribution in [2.24, 2.45) is 0 Å². The quantitative estimate of drug-likeness (QED) is 0.707. The lowest BCUT2D eigenvalue weighted by atomic mass is 10.2. The second kappa shape index (κ2) is 8.43. The lowest BCUT2D eigenvalue weighted by molar-refractivity contribution is -0.138. The van der Waals surface area contributed by atoms with Gasteiger partial charge in [0.25, 0.3) is 0 Å². The first-order chi connectivity index (χ1) is 12.4. The van der Waals surface area contributed by atoms with E-state index in [1.54, 1.807) is 12.1 Å². The molecule has 0 aliphatic rings. The Morgan fingerprint density at radius 1 is 1.15 bits per heavy atom. The second-order valence-corrected chi connectivity index (χ2v) is 7.42. The highest BCUT2D eigenvalue weighted by Gasteiger charge is 2.30. The van der Waals surface area contributed by atoms with Crippen LogP contribution in [0.5, 0.6) is 5.75 Å². The van der Waals surface area contributed by atoms with Crippen molar-refractivity contribution in [2.75, 3.05) is 20.7 Å². The van der Waals surface area contributed by atoms with Gasteiger partial charge in [-0.05, 0) is 35.9 Å². The zero-order valence-corrected chi connectivity index (χ0v) is 15.1. The Morgan fingerprint density at radius 2 is 1.85 bits per heavy atom. The Hall–Kier alpha value is -2.94. The molecule has 0 aliphatic heterocycles. The van der Waals surface area contributed by atoms with E-state index >= 15 is 0 Å². The first kappa shape index (κ1) is 19.4. The largest absolute Gasteiger partial charge is 0.497 e. The van der Waals surface area contributed by atoms with Gasteiger partial charge in [-0.15, -0.1) is 0 Å². The topological polar surface area (TPSA) is 114 Å². The summed E-state index contributed by atoms with van der Waals surface area (Å²) in [6, 6.07) is 9.14. The standard InChI is InChI=1S/C17H19N3O5S/c1-18-16(21)17(22)20-11-15(12-4-3-9-19-10-12)26(23,24)14-7-5-13(25-2)6-8-14/h3-10,15H,11H2,1-2H3,(H,18,21)(H,20,22)/t15-/m1/s1. The molecule has 2 rings (SSSR count). The first-order valence-electron chi connectivity index (χ1n) is 7.68. The molecule has 0 saturated heterocycles. The van der Waals surface area contributed by atoms with Crippen LogP contribution in [0.15, 0.2) is 53.7 Å². The number of methoxy groups -OCH3 is 1. The van der Waals surface area contributed by atoms with Crippen LogP contribution in [0.4, 0.5) is 0 Å². The number of hydrogen-bond acceptors (Lipinski definition) is 6. The maximum absolute atomic E-state index is 13.1. The van der Waals surface area contributed by atoms with Gasteiger partial charge < -0.3 is 15.4 Å². The molecule has 0 radical (unpaired) electrons. The summed E-state index contributed by atoms with van der Waals surface area (Å²) in [5.74, 6) is -1.24. The predicted molar refractivity (Wildman–Crippen MR) is 94.2 cm³/mol. The maximum atomic E-state index is 13.1. The van der Waals surface area contributed by atoms with Crippen molar-refractivity contribution >= 4 is 21.7 Å². The molecule has 1 aromatic heterocycles. The zero-order chi connectivity index (χ0) is 19.2. The molecule has 26 heavy (non-hydrogen) atoms. The summed E-state index contributed by atoms with van der Waals surface area (Å²) in [7, 11) is -1.05. The summed E-state index contributed by atoms with van der Waals surface area (Å²) >= 11 is 0. The number of rotatable bonds is 6. The Balaban J connectivity index is 2.35. The lowest BCUT2D eigenvalue weighted by Crippen LogP contribution is -2.41. The number of aromatic nitrogens is 1. The first-order valence-corrected chi connectivity index (χ1v) is 9.22. The molecule has 1 heterocycles. The van der Waals surface area contributed by atoms with Crippen molar-refractivity contribution in [3.8, 4) is 5.75 Å². The van der Waals surface area contributed by atoms with E-state index in [0.29, 0.717) is 11.3 Å². The van der Waals surface area contributed by atoms with E-state index in [1.165, 1.54) is 50.8 Å². The summed E-state index contributed by atoms with van der Waals surface area (Å²) in [4.78, 5) is 27.1. The number of carbonyl (C=O) groups excluding carboxylic acids is 2. The number of carbonyl (C=O) groups is 2. The summed E-state index contributed by atoms with van der Waals surface area (Å²) in [5, 5.41) is 3.43. The van der Waals surface area contributed by atoms with Crippen molar-refractivity contribution in [3.05, 3.63) is 54.4 Å². The molecule has 0 unspecified atom stereocenters. The van der Waals surface area contributed by atoms with Crippen LogP contribution < -0.4 is 15.4 Å². The van der Waals surface area contributed by atoms with Crippen LogP contribution in [-0.2, 0) is 19.4 Å². The molecular weight excluding hydrogens is 358 g/mol. The zero-order valence-electron chi connectivity index (χ0n) is 14.3. The minimum Gasteiger partial charge on any atom is -0.497 e. The molecule has 138 valence electrons. The SMILES string of the molecule is CNC(=O)C(=O)NC[C@H](c1cccnc1)S(=O)(=O)c1ccc(OC)cc1. The van der Waals surface area contributed by atoms with Crippen LogP contribution in [0.1, 0.15) is 10.8 Å². The van der Waals surface area contributed by atoms with Crippen molar-refractivity contribution < 1.29 is 22.7 Å². The van der Waals surface area contributed by atoms with E-state index in [1.807, 2.05) is 0 Å². The monoisotopic (exact) mass is 377 g/mol. The van der Waals surface area contributed by atoms with Crippen molar-refractivity contribution in [1.29, 1.82) is 0 Å². The number of ether oxygens (including phenoxy) is 1. The highest BCUT2D eigenvalue weighted by atomic mass is 32.2. The molecular formula is C17H19N3O5S. The Morgan fingerprint density at radius 3 is 2.38 bits per heavy atom. The summed E-state index contributed by atoms with van der Waals surface area (Å²) in [5.41, 5.74) is 0.403. The van der Waals surface area contributed by atoms with E-state index in [2.05, 4.69) is 15.6 Å². The fourth-order valence-electron chi connectivity index (χ4n) is 2.28. The molecule has 0 fully saturated rings. The van der Waals surface area contributed by atoms with E-state index in [4.69, 9.17) is 4.74 Å². The van der Waals surface area contributed by atoms with Gasteiger partial charge in [0.15, 0.2) is 9.84 Å². The number of benzene rings is 1.